The minimum Gasteiger partial charge on any atom is -0.480 e. The molecule has 0 saturated heterocycles. The number of aliphatic carboxylic acids is 1. The van der Waals surface area contributed by atoms with Gasteiger partial charge in [-0.15, -0.1) is 0 Å². The van der Waals surface area contributed by atoms with Crippen LogP contribution in [0.3, 0.4) is 0 Å². The molecule has 2 aliphatic rings. The number of aromatic nitrogens is 4. The van der Waals surface area contributed by atoms with Crippen molar-refractivity contribution < 1.29 is 24.2 Å². The maximum Gasteiger partial charge on any atom is 0.323 e. The fourth-order valence-corrected chi connectivity index (χ4v) is 7.91. The van der Waals surface area contributed by atoms with E-state index in [0.29, 0.717) is 29.6 Å². The lowest BCUT2D eigenvalue weighted by Gasteiger charge is -2.33. The van der Waals surface area contributed by atoms with E-state index >= 15 is 0 Å². The number of hydrogen-bond donors (Lipinski definition) is 4. The minimum absolute atomic E-state index is 0.203. The highest BCUT2D eigenvalue weighted by Gasteiger charge is 2.33. The van der Waals surface area contributed by atoms with Gasteiger partial charge < -0.3 is 29.7 Å². The zero-order valence-corrected chi connectivity index (χ0v) is 31.0. The molecular formula is C34H62N7O5P. The zero-order chi connectivity index (χ0) is 35.0. The summed E-state index contributed by atoms with van der Waals surface area (Å²) in [5.74, 6) is 1.25. The van der Waals surface area contributed by atoms with Crippen LogP contribution in [0, 0.1) is 11.8 Å². The summed E-state index contributed by atoms with van der Waals surface area (Å²) in [6.07, 6.45) is 20.2. The number of nitrogens with two attached hydrogens (primary N) is 1. The van der Waals surface area contributed by atoms with Crippen molar-refractivity contribution in [1.29, 1.82) is 0 Å². The van der Waals surface area contributed by atoms with Gasteiger partial charge in [-0.3, -0.25) is 15.0 Å². The smallest absolute Gasteiger partial charge is 0.323 e. The maximum atomic E-state index is 11.5. The van der Waals surface area contributed by atoms with E-state index in [1.807, 2.05) is 18.6 Å². The van der Waals surface area contributed by atoms with Gasteiger partial charge in [0.05, 0.1) is 45.2 Å². The van der Waals surface area contributed by atoms with Crippen molar-refractivity contribution in [2.45, 2.75) is 149 Å². The van der Waals surface area contributed by atoms with Gasteiger partial charge in [-0.2, -0.15) is 0 Å². The van der Waals surface area contributed by atoms with E-state index in [1.165, 1.54) is 77.0 Å². The van der Waals surface area contributed by atoms with Crippen LogP contribution in [-0.2, 0) is 25.6 Å². The van der Waals surface area contributed by atoms with Gasteiger partial charge in [-0.1, -0.05) is 64.7 Å². The number of ether oxygens (including phenoxy) is 2. The summed E-state index contributed by atoms with van der Waals surface area (Å²) >= 11 is 0. The second-order valence-electron chi connectivity index (χ2n) is 14.1. The lowest BCUT2D eigenvalue weighted by atomic mass is 9.86. The molecule has 4 rings (SSSR count). The predicted octanol–water partition coefficient (Wildman–Crippen LogP) is 6.68. The molecule has 0 aromatic carbocycles. The lowest BCUT2D eigenvalue weighted by molar-refractivity contribution is -0.142. The van der Waals surface area contributed by atoms with Crippen LogP contribution in [0.15, 0.2) is 12.7 Å². The number of fused-ring (bicyclic) bond motifs is 1. The Bertz CT molecular complexity index is 1200. The first kappa shape index (κ1) is 40.9. The van der Waals surface area contributed by atoms with Crippen molar-refractivity contribution in [3.63, 3.8) is 0 Å². The van der Waals surface area contributed by atoms with Crippen molar-refractivity contribution in [3.8, 4) is 0 Å². The van der Waals surface area contributed by atoms with Gasteiger partial charge in [0.2, 0.25) is 0 Å². The fraction of sp³-hybridized carbons (Fsp3) is 0.794. The topological polar surface area (TPSA) is 167 Å². The molecule has 2 heterocycles. The molecule has 268 valence electrons. The molecule has 0 bridgehead atoms. The monoisotopic (exact) mass is 679 g/mol. The zero-order valence-electron chi connectivity index (χ0n) is 30.1. The van der Waals surface area contributed by atoms with Gasteiger partial charge in [0.25, 0.3) is 0 Å². The van der Waals surface area contributed by atoms with Crippen molar-refractivity contribution in [2.24, 2.45) is 11.8 Å². The maximum absolute atomic E-state index is 11.5. The van der Waals surface area contributed by atoms with E-state index in [1.54, 1.807) is 34.0 Å². The minimum atomic E-state index is -1.32. The molecule has 47 heavy (non-hydrogen) atoms. The number of carboxylic acids is 1. The Labute approximate surface area is 283 Å². The molecule has 2 fully saturated rings. The third-order valence-electron chi connectivity index (χ3n) is 9.03. The number of aldehydes is 1. The molecule has 0 spiro atoms. The highest BCUT2D eigenvalue weighted by molar-refractivity contribution is 7.53. The molecule has 2 aromatic rings. The number of anilines is 1. The Kier molecular flexibility index (Phi) is 17.7. The Morgan fingerprint density at radius 1 is 1.06 bits per heavy atom. The van der Waals surface area contributed by atoms with E-state index in [9.17, 15) is 14.7 Å². The fourth-order valence-electron chi connectivity index (χ4n) is 5.81. The molecule has 13 heteroatoms. The third-order valence-corrected chi connectivity index (χ3v) is 11.1. The van der Waals surface area contributed by atoms with Gasteiger partial charge in [0.1, 0.15) is 23.7 Å². The first-order valence-corrected chi connectivity index (χ1v) is 18.8. The average molecular weight is 680 g/mol. The summed E-state index contributed by atoms with van der Waals surface area (Å²) in [5.41, 5.74) is 4.94. The number of methoxy groups -OCH3 is 1. The number of carbonyl (C=O) groups is 2. The molecule has 0 aliphatic heterocycles. The van der Waals surface area contributed by atoms with Gasteiger partial charge in [-0.25, -0.2) is 15.0 Å². The summed E-state index contributed by atoms with van der Waals surface area (Å²) in [6.45, 7) is 13.4. The summed E-state index contributed by atoms with van der Waals surface area (Å²) in [5, 5.41) is 15.6. The summed E-state index contributed by atoms with van der Waals surface area (Å²) in [4.78, 5) is 35.1. The normalized spacial score (nSPS) is 18.3. The van der Waals surface area contributed by atoms with Gasteiger partial charge in [-0.05, 0) is 66.2 Å². The summed E-state index contributed by atoms with van der Waals surface area (Å²) < 4.78 is 13.1. The van der Waals surface area contributed by atoms with Gasteiger partial charge in [0, 0.05) is 7.11 Å². The van der Waals surface area contributed by atoms with Crippen LogP contribution < -0.4 is 15.9 Å². The van der Waals surface area contributed by atoms with Crippen LogP contribution >= 0.6 is 8.22 Å². The lowest BCUT2D eigenvalue weighted by Crippen LogP contribution is -2.49. The number of nitrogens with zero attached hydrogens (tertiary/aromatic N) is 4. The molecule has 2 aromatic heterocycles. The average Bonchev–Trinajstić information content (AvgIpc) is 3.48. The first-order chi connectivity index (χ1) is 22.2. The molecular weight excluding hydrogens is 617 g/mol. The first-order valence-electron chi connectivity index (χ1n) is 17.3. The van der Waals surface area contributed by atoms with Crippen molar-refractivity contribution >= 4 is 37.5 Å². The van der Waals surface area contributed by atoms with Gasteiger partial charge in [0.15, 0.2) is 11.5 Å². The number of nitrogen functional groups attached to an aromatic ring is 1. The van der Waals surface area contributed by atoms with E-state index < -0.39 is 25.3 Å². The van der Waals surface area contributed by atoms with Crippen LogP contribution in [0.4, 0.5) is 5.82 Å². The Morgan fingerprint density at radius 2 is 1.68 bits per heavy atom. The highest BCUT2D eigenvalue weighted by atomic mass is 31.1. The van der Waals surface area contributed by atoms with Crippen molar-refractivity contribution in [1.82, 2.24) is 29.7 Å². The van der Waals surface area contributed by atoms with Crippen molar-refractivity contribution in [3.05, 3.63) is 12.7 Å². The molecule has 0 amide bonds. The van der Waals surface area contributed by atoms with E-state index in [-0.39, 0.29) is 12.5 Å². The van der Waals surface area contributed by atoms with Crippen molar-refractivity contribution in [2.75, 3.05) is 19.2 Å². The Morgan fingerprint density at radius 3 is 2.21 bits per heavy atom. The van der Waals surface area contributed by atoms with Crippen LogP contribution in [0.25, 0.3) is 11.2 Å². The van der Waals surface area contributed by atoms with Crippen LogP contribution in [-0.4, -0.2) is 73.6 Å². The Hall–Kier alpha value is -2.24. The standard InChI is InChI=1S/C17H28N7O4P.C9H18O.C8H16/c1-11(6-24-9-21-12-13(18)19-8-20-14(12)24)28-10-29(22-16(2,3)7-25)23-17(4,5)15(26)27;1-8(10-2)9-6-4-3-5-7-9;1-2-8-6-4-3-5-7-8/h7-9,11,22-23H,6,10H2,1-5H3,(H,26,27)(H2,18,19,20);8-9H,3-7H2,1-2H3;8H,2-7H2,1H3. The molecule has 2 saturated carbocycles. The molecule has 3 unspecified atom stereocenters. The van der Waals surface area contributed by atoms with E-state index in [2.05, 4.69) is 39.0 Å². The molecule has 5 N–H and O–H groups in total. The number of imidazole rings is 1. The number of hydrogen-bond acceptors (Lipinski definition) is 10. The largest absolute Gasteiger partial charge is 0.480 e. The second kappa shape index (κ2) is 20.3. The molecule has 0 radical (unpaired) electrons. The highest BCUT2D eigenvalue weighted by Crippen LogP contribution is 2.33. The number of carbonyl (C=O) groups excluding carboxylic acids is 1. The summed E-state index contributed by atoms with van der Waals surface area (Å²) in [6, 6.07) is 0. The number of carboxylic acid groups (broad SMARTS) is 1. The SMILES string of the molecule is CC(Cn1cnc2c(N)ncnc21)OCP(NC(C)(C)C=O)NC(C)(C)C(=O)O.CCC1CCCCC1.COC(C)C1CCCCC1. The molecule has 2 aliphatic carbocycles. The summed E-state index contributed by atoms with van der Waals surface area (Å²) in [7, 11) is 0.504. The molecule has 3 atom stereocenters. The third kappa shape index (κ3) is 14.4. The van der Waals surface area contributed by atoms with Gasteiger partial charge >= 0.3 is 5.97 Å². The second-order valence-corrected chi connectivity index (χ2v) is 15.7. The Balaban J connectivity index is 0.000000343. The number of nitrogens with one attached hydrogen (secondary N) is 2. The predicted molar refractivity (Wildman–Crippen MR) is 190 cm³/mol. The van der Waals surface area contributed by atoms with E-state index in [0.717, 1.165) is 18.1 Å². The molecule has 12 nitrogen and oxygen atoms in total. The van der Waals surface area contributed by atoms with Crippen LogP contribution in [0.5, 0.6) is 0 Å². The quantitative estimate of drug-likeness (QED) is 0.124. The van der Waals surface area contributed by atoms with Crippen LogP contribution in [0.2, 0.25) is 0 Å². The number of rotatable bonds is 14. The van der Waals surface area contributed by atoms with Crippen LogP contribution in [0.1, 0.15) is 119 Å². The van der Waals surface area contributed by atoms with E-state index in [4.69, 9.17) is 15.2 Å².